The molecule has 1 rings (SSSR count). The number of hydrogen-bond acceptors (Lipinski definition) is 1. The molecule has 1 heteroatoms. The minimum Gasteiger partial charge on any atom is -0.367 e. The maximum absolute atomic E-state index is 6.17. The van der Waals surface area contributed by atoms with Crippen molar-refractivity contribution in [1.82, 2.24) is 0 Å². The molecular formula is C19H34O. The second-order valence-electron chi connectivity index (χ2n) is 6.88. The molecule has 0 aromatic rings. The van der Waals surface area contributed by atoms with Crippen LogP contribution in [0.15, 0.2) is 23.8 Å². The first kappa shape index (κ1) is 17.5. The largest absolute Gasteiger partial charge is 0.367 e. The van der Waals surface area contributed by atoms with Crippen molar-refractivity contribution in [2.24, 2.45) is 11.8 Å². The van der Waals surface area contributed by atoms with Crippen molar-refractivity contribution in [1.29, 1.82) is 0 Å². The molecule has 0 amide bonds. The minimum absolute atomic E-state index is 0.374. The molecule has 1 aliphatic rings. The average Bonchev–Trinajstić information content (AvgIpc) is 2.74. The third kappa shape index (κ3) is 5.83. The molecule has 20 heavy (non-hydrogen) atoms. The molecule has 0 saturated heterocycles. The SMILES string of the molecule is C=C(C)[C@H](C)CC(C)CC[C@@H]1O[C@@H](CCCC)C=C1C. The molecule has 0 N–H and O–H groups in total. The lowest BCUT2D eigenvalue weighted by Gasteiger charge is -2.20. The highest BCUT2D eigenvalue weighted by Gasteiger charge is 2.24. The molecule has 0 fully saturated rings. The van der Waals surface area contributed by atoms with Gasteiger partial charge in [-0.15, -0.1) is 0 Å². The van der Waals surface area contributed by atoms with Crippen LogP contribution in [0, 0.1) is 11.8 Å². The molecule has 0 bridgehead atoms. The van der Waals surface area contributed by atoms with Gasteiger partial charge in [0.2, 0.25) is 0 Å². The minimum atomic E-state index is 0.374. The van der Waals surface area contributed by atoms with Gasteiger partial charge in [0.25, 0.3) is 0 Å². The van der Waals surface area contributed by atoms with Gasteiger partial charge in [-0.05, 0) is 56.9 Å². The topological polar surface area (TPSA) is 9.23 Å². The summed E-state index contributed by atoms with van der Waals surface area (Å²) in [6.45, 7) is 15.3. The molecule has 4 atom stereocenters. The quantitative estimate of drug-likeness (QED) is 0.476. The summed E-state index contributed by atoms with van der Waals surface area (Å²) in [6.07, 6.45) is 10.5. The van der Waals surface area contributed by atoms with E-state index in [4.69, 9.17) is 4.74 Å². The van der Waals surface area contributed by atoms with Gasteiger partial charge in [0.05, 0.1) is 12.2 Å². The third-order valence-corrected chi connectivity index (χ3v) is 4.66. The number of rotatable bonds is 9. The van der Waals surface area contributed by atoms with Gasteiger partial charge in [0.15, 0.2) is 0 Å². The predicted molar refractivity (Wildman–Crippen MR) is 88.9 cm³/mol. The molecule has 0 saturated carbocycles. The van der Waals surface area contributed by atoms with Crippen LogP contribution in [0.25, 0.3) is 0 Å². The fourth-order valence-corrected chi connectivity index (χ4v) is 2.97. The maximum atomic E-state index is 6.17. The molecule has 0 aromatic carbocycles. The average molecular weight is 278 g/mol. The van der Waals surface area contributed by atoms with Crippen molar-refractivity contribution in [3.63, 3.8) is 0 Å². The van der Waals surface area contributed by atoms with Crippen LogP contribution in [0.5, 0.6) is 0 Å². The van der Waals surface area contributed by atoms with E-state index in [-0.39, 0.29) is 0 Å². The van der Waals surface area contributed by atoms with Crippen LogP contribution >= 0.6 is 0 Å². The van der Waals surface area contributed by atoms with Crippen LogP contribution in [-0.2, 0) is 4.74 Å². The highest BCUT2D eigenvalue weighted by Crippen LogP contribution is 2.29. The maximum Gasteiger partial charge on any atom is 0.0791 e. The van der Waals surface area contributed by atoms with Gasteiger partial charge in [-0.25, -0.2) is 0 Å². The second kappa shape index (κ2) is 8.67. The highest BCUT2D eigenvalue weighted by molar-refractivity contribution is 5.13. The van der Waals surface area contributed by atoms with Crippen LogP contribution in [-0.4, -0.2) is 12.2 Å². The highest BCUT2D eigenvalue weighted by atomic mass is 16.5. The lowest BCUT2D eigenvalue weighted by atomic mass is 9.89. The summed E-state index contributed by atoms with van der Waals surface area (Å²) in [7, 11) is 0. The van der Waals surface area contributed by atoms with Crippen LogP contribution < -0.4 is 0 Å². The van der Waals surface area contributed by atoms with E-state index in [2.05, 4.69) is 47.3 Å². The van der Waals surface area contributed by atoms with Gasteiger partial charge in [0.1, 0.15) is 0 Å². The molecule has 1 aliphatic heterocycles. The van der Waals surface area contributed by atoms with Crippen molar-refractivity contribution in [3.05, 3.63) is 23.8 Å². The summed E-state index contributed by atoms with van der Waals surface area (Å²) in [6, 6.07) is 0. The lowest BCUT2D eigenvalue weighted by molar-refractivity contribution is 0.0425. The Hall–Kier alpha value is -0.560. The molecule has 1 unspecified atom stereocenters. The van der Waals surface area contributed by atoms with Gasteiger partial charge >= 0.3 is 0 Å². The normalized spacial score (nSPS) is 25.4. The van der Waals surface area contributed by atoms with Crippen molar-refractivity contribution < 1.29 is 4.74 Å². The standard InChI is InChI=1S/C19H34O/c1-7-8-9-18-13-17(6)19(20-18)11-10-15(4)12-16(5)14(2)3/h13,15-16,18-19H,2,7-12H2,1,3-6H3/t15?,16-,18+,19+/m1/s1. The fraction of sp³-hybridized carbons (Fsp3) is 0.789. The van der Waals surface area contributed by atoms with E-state index in [1.54, 1.807) is 0 Å². The summed E-state index contributed by atoms with van der Waals surface area (Å²) in [5, 5.41) is 0. The number of unbranched alkanes of at least 4 members (excludes halogenated alkanes) is 1. The Balaban J connectivity index is 2.29. The Labute approximate surface area is 126 Å². The van der Waals surface area contributed by atoms with Gasteiger partial charge < -0.3 is 4.74 Å². The Bertz CT molecular complexity index is 329. The number of allylic oxidation sites excluding steroid dienone is 1. The zero-order valence-corrected chi connectivity index (χ0v) is 14.2. The van der Waals surface area contributed by atoms with Crippen molar-refractivity contribution in [3.8, 4) is 0 Å². The summed E-state index contributed by atoms with van der Waals surface area (Å²) in [5.74, 6) is 1.40. The van der Waals surface area contributed by atoms with E-state index in [9.17, 15) is 0 Å². The van der Waals surface area contributed by atoms with Crippen LogP contribution in [0.1, 0.15) is 73.1 Å². The summed E-state index contributed by atoms with van der Waals surface area (Å²) in [4.78, 5) is 0. The molecule has 116 valence electrons. The first-order chi connectivity index (χ1) is 9.43. The first-order valence-corrected chi connectivity index (χ1v) is 8.43. The van der Waals surface area contributed by atoms with E-state index in [1.165, 1.54) is 49.7 Å². The van der Waals surface area contributed by atoms with E-state index in [0.717, 1.165) is 5.92 Å². The molecule has 1 nitrogen and oxygen atoms in total. The van der Waals surface area contributed by atoms with Gasteiger partial charge in [0, 0.05) is 0 Å². The summed E-state index contributed by atoms with van der Waals surface area (Å²) >= 11 is 0. The molecular weight excluding hydrogens is 244 g/mol. The van der Waals surface area contributed by atoms with Gasteiger partial charge in [-0.3, -0.25) is 0 Å². The molecule has 0 aliphatic carbocycles. The van der Waals surface area contributed by atoms with Gasteiger partial charge in [-0.1, -0.05) is 51.8 Å². The monoisotopic (exact) mass is 278 g/mol. The smallest absolute Gasteiger partial charge is 0.0791 e. The molecule has 0 aromatic heterocycles. The Morgan fingerprint density at radius 3 is 2.65 bits per heavy atom. The van der Waals surface area contributed by atoms with E-state index < -0.39 is 0 Å². The molecule has 1 heterocycles. The van der Waals surface area contributed by atoms with Crippen LogP contribution in [0.2, 0.25) is 0 Å². The summed E-state index contributed by atoms with van der Waals surface area (Å²) < 4.78 is 6.17. The van der Waals surface area contributed by atoms with Crippen molar-refractivity contribution >= 4 is 0 Å². The molecule has 0 spiro atoms. The van der Waals surface area contributed by atoms with Crippen LogP contribution in [0.4, 0.5) is 0 Å². The molecule has 0 radical (unpaired) electrons. The Morgan fingerprint density at radius 2 is 2.05 bits per heavy atom. The predicted octanol–water partition coefficient (Wildman–Crippen LogP) is 5.91. The van der Waals surface area contributed by atoms with Gasteiger partial charge in [-0.2, -0.15) is 0 Å². The zero-order valence-electron chi connectivity index (χ0n) is 14.2. The zero-order chi connectivity index (χ0) is 15.1. The second-order valence-corrected chi connectivity index (χ2v) is 6.88. The third-order valence-electron chi connectivity index (χ3n) is 4.66. The number of ether oxygens (including phenoxy) is 1. The fourth-order valence-electron chi connectivity index (χ4n) is 2.97. The van der Waals surface area contributed by atoms with E-state index in [0.29, 0.717) is 18.1 Å². The summed E-state index contributed by atoms with van der Waals surface area (Å²) in [5.41, 5.74) is 2.76. The number of hydrogen-bond donors (Lipinski definition) is 0. The first-order valence-electron chi connectivity index (χ1n) is 8.43. The van der Waals surface area contributed by atoms with Crippen molar-refractivity contribution in [2.45, 2.75) is 85.4 Å². The van der Waals surface area contributed by atoms with Crippen LogP contribution in [0.3, 0.4) is 0 Å². The van der Waals surface area contributed by atoms with E-state index >= 15 is 0 Å². The van der Waals surface area contributed by atoms with E-state index in [1.807, 2.05) is 0 Å². The Morgan fingerprint density at radius 1 is 1.35 bits per heavy atom. The Kier molecular flexibility index (Phi) is 7.58. The lowest BCUT2D eigenvalue weighted by Crippen LogP contribution is -2.15. The van der Waals surface area contributed by atoms with Crippen molar-refractivity contribution in [2.75, 3.05) is 0 Å².